The minimum atomic E-state index is -0.405. The molecule has 2 N–H and O–H groups in total. The van der Waals surface area contributed by atoms with Crippen molar-refractivity contribution in [1.29, 1.82) is 5.26 Å². The van der Waals surface area contributed by atoms with Gasteiger partial charge in [-0.25, -0.2) is 0 Å². The Morgan fingerprint density at radius 3 is 2.58 bits per heavy atom. The molecule has 0 bridgehead atoms. The second kappa shape index (κ2) is 9.09. The Morgan fingerprint density at radius 1 is 1.33 bits per heavy atom. The molecule has 2 rings (SSSR count). The average Bonchev–Trinajstić information content (AvgIpc) is 2.65. The molecule has 0 spiro atoms. The first kappa shape index (κ1) is 18.0. The van der Waals surface area contributed by atoms with Crippen LogP contribution in [0.15, 0.2) is 29.8 Å². The molecule has 128 valence electrons. The van der Waals surface area contributed by atoms with E-state index in [1.807, 2.05) is 37.3 Å². The van der Waals surface area contributed by atoms with Gasteiger partial charge in [0.1, 0.15) is 11.6 Å². The maximum atomic E-state index is 12.0. The summed E-state index contributed by atoms with van der Waals surface area (Å²) in [5, 5.41) is 20.8. The minimum absolute atomic E-state index is 0.00381. The Labute approximate surface area is 143 Å². The van der Waals surface area contributed by atoms with Crippen LogP contribution in [0.2, 0.25) is 0 Å². The van der Waals surface area contributed by atoms with E-state index in [4.69, 9.17) is 5.11 Å². The van der Waals surface area contributed by atoms with Gasteiger partial charge in [-0.3, -0.25) is 4.79 Å². The van der Waals surface area contributed by atoms with E-state index < -0.39 is 5.91 Å². The number of hydrogen-bond acceptors (Lipinski definition) is 4. The number of rotatable bonds is 6. The first-order chi connectivity index (χ1) is 11.6. The Bertz CT molecular complexity index is 610. The van der Waals surface area contributed by atoms with Crippen molar-refractivity contribution < 1.29 is 9.90 Å². The largest absolute Gasteiger partial charge is 0.396 e. The van der Waals surface area contributed by atoms with Gasteiger partial charge in [-0.05, 0) is 49.0 Å². The lowest BCUT2D eigenvalue weighted by Crippen LogP contribution is -2.30. The van der Waals surface area contributed by atoms with Crippen LogP contribution in [0.1, 0.15) is 31.7 Å². The van der Waals surface area contributed by atoms with Crippen molar-refractivity contribution in [3.63, 3.8) is 0 Å². The van der Waals surface area contributed by atoms with E-state index in [1.165, 1.54) is 24.9 Å². The fourth-order valence-electron chi connectivity index (χ4n) is 2.68. The molecular weight excluding hydrogens is 302 g/mol. The highest BCUT2D eigenvalue weighted by Crippen LogP contribution is 2.21. The van der Waals surface area contributed by atoms with E-state index in [0.29, 0.717) is 6.54 Å². The molecule has 0 saturated carbocycles. The van der Waals surface area contributed by atoms with Crippen LogP contribution in [0, 0.1) is 17.2 Å². The lowest BCUT2D eigenvalue weighted by Gasteiger charge is -2.28. The Morgan fingerprint density at radius 2 is 2.00 bits per heavy atom. The van der Waals surface area contributed by atoms with Crippen molar-refractivity contribution >= 4 is 17.7 Å². The molecule has 1 aromatic rings. The number of nitriles is 1. The average molecular weight is 327 g/mol. The van der Waals surface area contributed by atoms with Gasteiger partial charge in [0.05, 0.1) is 0 Å². The van der Waals surface area contributed by atoms with Crippen LogP contribution < -0.4 is 10.2 Å². The van der Waals surface area contributed by atoms with Crippen LogP contribution in [-0.2, 0) is 4.79 Å². The van der Waals surface area contributed by atoms with Crippen LogP contribution in [0.25, 0.3) is 6.08 Å². The number of amides is 1. The van der Waals surface area contributed by atoms with Crippen molar-refractivity contribution in [1.82, 2.24) is 5.32 Å². The van der Waals surface area contributed by atoms with E-state index in [9.17, 15) is 10.1 Å². The summed E-state index contributed by atoms with van der Waals surface area (Å²) in [5.41, 5.74) is 2.09. The number of piperidine rings is 1. The van der Waals surface area contributed by atoms with Gasteiger partial charge in [0, 0.05) is 31.9 Å². The highest BCUT2D eigenvalue weighted by atomic mass is 16.3. The minimum Gasteiger partial charge on any atom is -0.396 e. The predicted molar refractivity (Wildman–Crippen MR) is 95.4 cm³/mol. The van der Waals surface area contributed by atoms with E-state index in [1.54, 1.807) is 6.08 Å². The van der Waals surface area contributed by atoms with Gasteiger partial charge in [0.2, 0.25) is 0 Å². The number of nitrogens with one attached hydrogen (secondary N) is 1. The predicted octanol–water partition coefficient (Wildman–Crippen LogP) is 2.33. The number of anilines is 1. The topological polar surface area (TPSA) is 76.4 Å². The smallest absolute Gasteiger partial charge is 0.261 e. The molecule has 24 heavy (non-hydrogen) atoms. The lowest BCUT2D eigenvalue weighted by molar-refractivity contribution is -0.117. The van der Waals surface area contributed by atoms with Gasteiger partial charge >= 0.3 is 0 Å². The molecule has 1 aromatic carbocycles. The van der Waals surface area contributed by atoms with Crippen LogP contribution in [0.5, 0.6) is 0 Å². The summed E-state index contributed by atoms with van der Waals surface area (Å²) in [6, 6.07) is 9.90. The van der Waals surface area contributed by atoms with Crippen LogP contribution >= 0.6 is 0 Å². The summed E-state index contributed by atoms with van der Waals surface area (Å²) >= 11 is 0. The summed E-state index contributed by atoms with van der Waals surface area (Å²) in [6.45, 7) is 4.36. The lowest BCUT2D eigenvalue weighted by atomic mass is 10.1. The third kappa shape index (κ3) is 5.10. The Kier molecular flexibility index (Phi) is 6.83. The molecule has 0 aromatic heterocycles. The van der Waals surface area contributed by atoms with Crippen molar-refractivity contribution in [2.24, 2.45) is 5.92 Å². The van der Waals surface area contributed by atoms with Crippen molar-refractivity contribution in [3.8, 4) is 6.07 Å². The highest BCUT2D eigenvalue weighted by Gasteiger charge is 2.12. The van der Waals surface area contributed by atoms with E-state index >= 15 is 0 Å². The molecule has 1 saturated heterocycles. The third-order valence-electron chi connectivity index (χ3n) is 4.21. The maximum Gasteiger partial charge on any atom is 0.261 e. The quantitative estimate of drug-likeness (QED) is 0.621. The molecule has 1 atom stereocenters. The van der Waals surface area contributed by atoms with Gasteiger partial charge < -0.3 is 15.3 Å². The van der Waals surface area contributed by atoms with Crippen LogP contribution in [0.4, 0.5) is 5.69 Å². The maximum absolute atomic E-state index is 12.0. The highest BCUT2D eigenvalue weighted by molar-refractivity contribution is 6.01. The molecule has 0 radical (unpaired) electrons. The number of carbonyl (C=O) groups excluding carboxylic acids is 1. The molecular formula is C19H25N3O2. The summed E-state index contributed by atoms with van der Waals surface area (Å²) in [5.74, 6) is -0.435. The summed E-state index contributed by atoms with van der Waals surface area (Å²) in [4.78, 5) is 14.4. The summed E-state index contributed by atoms with van der Waals surface area (Å²) in [6.07, 6.45) is 5.35. The van der Waals surface area contributed by atoms with Gasteiger partial charge in [-0.15, -0.1) is 0 Å². The first-order valence-corrected chi connectivity index (χ1v) is 8.50. The Hall–Kier alpha value is -2.32. The Balaban J connectivity index is 2.02. The van der Waals surface area contributed by atoms with Crippen molar-refractivity contribution in [2.75, 3.05) is 31.1 Å². The molecule has 5 heteroatoms. The molecule has 1 unspecified atom stereocenters. The molecule has 0 aliphatic carbocycles. The summed E-state index contributed by atoms with van der Waals surface area (Å²) < 4.78 is 0. The number of carbonyl (C=O) groups is 1. The molecule has 1 aliphatic rings. The monoisotopic (exact) mass is 327 g/mol. The van der Waals surface area contributed by atoms with Gasteiger partial charge in [-0.1, -0.05) is 19.1 Å². The van der Waals surface area contributed by atoms with Gasteiger partial charge in [0.25, 0.3) is 5.91 Å². The van der Waals surface area contributed by atoms with Crippen molar-refractivity contribution in [2.45, 2.75) is 26.2 Å². The van der Waals surface area contributed by atoms with Crippen molar-refractivity contribution in [3.05, 3.63) is 35.4 Å². The van der Waals surface area contributed by atoms with Gasteiger partial charge in [-0.2, -0.15) is 5.26 Å². The zero-order valence-corrected chi connectivity index (χ0v) is 14.2. The van der Waals surface area contributed by atoms with Gasteiger partial charge in [0.15, 0.2) is 0 Å². The van der Waals surface area contributed by atoms with E-state index in [2.05, 4.69) is 10.2 Å². The first-order valence-electron chi connectivity index (χ1n) is 8.50. The normalized spacial score (nSPS) is 16.4. The molecule has 1 heterocycles. The molecule has 5 nitrogen and oxygen atoms in total. The number of nitrogens with zero attached hydrogens (tertiary/aromatic N) is 2. The number of benzene rings is 1. The fourth-order valence-corrected chi connectivity index (χ4v) is 2.68. The van der Waals surface area contributed by atoms with Crippen LogP contribution in [0.3, 0.4) is 0 Å². The molecule has 1 amide bonds. The second-order valence-electron chi connectivity index (χ2n) is 6.31. The fraction of sp³-hybridized carbons (Fsp3) is 0.474. The third-order valence-corrected chi connectivity index (χ3v) is 4.21. The van der Waals surface area contributed by atoms with Crippen LogP contribution in [-0.4, -0.2) is 37.3 Å². The zero-order valence-electron chi connectivity index (χ0n) is 14.2. The number of hydrogen-bond donors (Lipinski definition) is 2. The van der Waals surface area contributed by atoms with E-state index in [0.717, 1.165) is 18.7 Å². The molecule has 1 fully saturated rings. The zero-order chi connectivity index (χ0) is 17.4. The second-order valence-corrected chi connectivity index (χ2v) is 6.31. The van der Waals surface area contributed by atoms with E-state index in [-0.39, 0.29) is 18.1 Å². The number of aliphatic hydroxyl groups excluding tert-OH is 1. The standard InChI is InChI=1S/C19H25N3O2/c1-15(14-23)13-21-19(24)17(12-20)11-16-5-7-18(8-6-16)22-9-3-2-4-10-22/h5-8,11,15,23H,2-4,9-10,13-14H2,1H3,(H,21,24)/b17-11+. The molecule has 1 aliphatic heterocycles. The number of aliphatic hydroxyl groups is 1. The summed E-state index contributed by atoms with van der Waals surface area (Å²) in [7, 11) is 0. The SMILES string of the molecule is CC(CO)CNC(=O)/C(C#N)=C/c1ccc(N2CCCCC2)cc1.